The average molecular weight is 222 g/mol. The topological polar surface area (TPSA) is 38.9 Å². The van der Waals surface area contributed by atoms with E-state index in [0.29, 0.717) is 0 Å². The Kier molecular flexibility index (Phi) is 2.79. The first-order chi connectivity index (χ1) is 7.16. The first kappa shape index (κ1) is 10.3. The van der Waals surface area contributed by atoms with Crippen LogP contribution >= 0.6 is 11.3 Å². The Labute approximate surface area is 91.6 Å². The zero-order chi connectivity index (χ0) is 10.8. The molecule has 0 aliphatic carbocycles. The minimum atomic E-state index is -0.342. The molecular formula is C11H11FN2S. The monoisotopic (exact) mass is 222 g/mol. The van der Waals surface area contributed by atoms with Gasteiger partial charge in [-0.25, -0.2) is 9.37 Å². The molecule has 0 saturated heterocycles. The summed E-state index contributed by atoms with van der Waals surface area (Å²) in [5, 5.41) is 1.88. The smallest absolute Gasteiger partial charge is 0.123 e. The Hall–Kier alpha value is -1.26. The van der Waals surface area contributed by atoms with Crippen LogP contribution in [0.4, 0.5) is 4.39 Å². The molecule has 1 aromatic heterocycles. The van der Waals surface area contributed by atoms with Gasteiger partial charge in [0.15, 0.2) is 0 Å². The van der Waals surface area contributed by atoms with E-state index in [0.717, 1.165) is 16.8 Å². The van der Waals surface area contributed by atoms with Gasteiger partial charge in [-0.2, -0.15) is 0 Å². The average Bonchev–Trinajstić information content (AvgIpc) is 2.67. The Morgan fingerprint density at radius 1 is 1.40 bits per heavy atom. The molecule has 0 aliphatic heterocycles. The van der Waals surface area contributed by atoms with E-state index >= 15 is 0 Å². The molecule has 0 amide bonds. The molecular weight excluding hydrogens is 211 g/mol. The predicted octanol–water partition coefficient (Wildman–Crippen LogP) is 2.64. The third kappa shape index (κ3) is 2.22. The van der Waals surface area contributed by atoms with E-state index in [1.807, 2.05) is 18.4 Å². The third-order valence-electron chi connectivity index (χ3n) is 2.19. The quantitative estimate of drug-likeness (QED) is 0.848. The van der Waals surface area contributed by atoms with Gasteiger partial charge in [0, 0.05) is 5.38 Å². The van der Waals surface area contributed by atoms with Gasteiger partial charge >= 0.3 is 0 Å². The van der Waals surface area contributed by atoms with Crippen LogP contribution in [0.1, 0.15) is 22.9 Å². The van der Waals surface area contributed by atoms with Crippen LogP contribution in [0.25, 0.3) is 0 Å². The molecule has 0 aliphatic rings. The van der Waals surface area contributed by atoms with Gasteiger partial charge in [-0.1, -0.05) is 6.07 Å². The minimum Gasteiger partial charge on any atom is -0.319 e. The second-order valence-corrected chi connectivity index (χ2v) is 4.17. The highest BCUT2D eigenvalue weighted by Gasteiger charge is 2.11. The molecule has 1 unspecified atom stereocenters. The summed E-state index contributed by atoms with van der Waals surface area (Å²) in [6, 6.07) is 4.48. The van der Waals surface area contributed by atoms with Gasteiger partial charge in [-0.05, 0) is 30.2 Å². The number of aromatic nitrogens is 1. The number of hydrogen-bond donors (Lipinski definition) is 1. The number of thiazole rings is 1. The van der Waals surface area contributed by atoms with E-state index in [9.17, 15) is 4.39 Å². The van der Waals surface area contributed by atoms with Crippen molar-refractivity contribution < 1.29 is 4.39 Å². The Balaban J connectivity index is 2.37. The zero-order valence-corrected chi connectivity index (χ0v) is 9.09. The second kappa shape index (κ2) is 4.08. The summed E-state index contributed by atoms with van der Waals surface area (Å²) in [6.07, 6.45) is 0. The zero-order valence-electron chi connectivity index (χ0n) is 8.27. The summed E-state index contributed by atoms with van der Waals surface area (Å²) >= 11 is 1.49. The van der Waals surface area contributed by atoms with Crippen molar-refractivity contribution in [2.75, 3.05) is 0 Å². The number of rotatable bonds is 2. The maximum atomic E-state index is 13.2. The summed E-state index contributed by atoms with van der Waals surface area (Å²) in [5.74, 6) is -0.254. The van der Waals surface area contributed by atoms with Crippen molar-refractivity contribution in [2.24, 2.45) is 5.73 Å². The molecule has 0 spiro atoms. The van der Waals surface area contributed by atoms with E-state index < -0.39 is 0 Å². The molecule has 0 radical (unpaired) electrons. The first-order valence-corrected chi connectivity index (χ1v) is 5.52. The highest BCUT2D eigenvalue weighted by Crippen LogP contribution is 2.21. The molecule has 0 bridgehead atoms. The van der Waals surface area contributed by atoms with Gasteiger partial charge in [0.05, 0.1) is 17.2 Å². The summed E-state index contributed by atoms with van der Waals surface area (Å²) in [4.78, 5) is 4.12. The number of halogens is 1. The number of nitrogens with zero attached hydrogens (tertiary/aromatic N) is 1. The van der Waals surface area contributed by atoms with Gasteiger partial charge < -0.3 is 5.73 Å². The fourth-order valence-corrected chi connectivity index (χ4v) is 2.08. The standard InChI is InChI=1S/C11H11FN2S/c1-7-2-8(4-9(12)3-7)11(13)10-5-15-6-14-10/h2-6,11H,13H2,1H3. The molecule has 1 heterocycles. The lowest BCUT2D eigenvalue weighted by molar-refractivity contribution is 0.622. The van der Waals surface area contributed by atoms with Crippen molar-refractivity contribution in [1.82, 2.24) is 4.98 Å². The maximum Gasteiger partial charge on any atom is 0.123 e. The molecule has 2 N–H and O–H groups in total. The molecule has 78 valence electrons. The fraction of sp³-hybridized carbons (Fsp3) is 0.182. The SMILES string of the molecule is Cc1cc(F)cc(C(N)c2cscn2)c1. The van der Waals surface area contributed by atoms with Gasteiger partial charge in [0.2, 0.25) is 0 Å². The maximum absolute atomic E-state index is 13.2. The largest absolute Gasteiger partial charge is 0.319 e. The van der Waals surface area contributed by atoms with E-state index in [1.54, 1.807) is 5.51 Å². The van der Waals surface area contributed by atoms with Crippen molar-refractivity contribution >= 4 is 11.3 Å². The lowest BCUT2D eigenvalue weighted by Crippen LogP contribution is -2.12. The summed E-state index contributed by atoms with van der Waals surface area (Å²) in [6.45, 7) is 1.85. The number of aryl methyl sites for hydroxylation is 1. The molecule has 1 aromatic carbocycles. The molecule has 4 heteroatoms. The second-order valence-electron chi connectivity index (χ2n) is 3.45. The highest BCUT2D eigenvalue weighted by atomic mass is 32.1. The van der Waals surface area contributed by atoms with Crippen LogP contribution in [0.5, 0.6) is 0 Å². The normalized spacial score (nSPS) is 12.7. The van der Waals surface area contributed by atoms with Crippen molar-refractivity contribution in [3.05, 3.63) is 51.7 Å². The van der Waals surface area contributed by atoms with Crippen LogP contribution < -0.4 is 5.73 Å². The molecule has 2 aromatic rings. The molecule has 0 fully saturated rings. The first-order valence-electron chi connectivity index (χ1n) is 4.57. The molecule has 2 nitrogen and oxygen atoms in total. The molecule has 2 rings (SSSR count). The van der Waals surface area contributed by atoms with Crippen LogP contribution in [0.15, 0.2) is 29.1 Å². The van der Waals surface area contributed by atoms with Gasteiger partial charge in [-0.3, -0.25) is 0 Å². The van der Waals surface area contributed by atoms with E-state index in [4.69, 9.17) is 5.73 Å². The number of nitrogens with two attached hydrogens (primary N) is 1. The van der Waals surface area contributed by atoms with Crippen molar-refractivity contribution in [1.29, 1.82) is 0 Å². The lowest BCUT2D eigenvalue weighted by Gasteiger charge is -2.10. The van der Waals surface area contributed by atoms with E-state index in [-0.39, 0.29) is 11.9 Å². The Morgan fingerprint density at radius 2 is 2.20 bits per heavy atom. The third-order valence-corrected chi connectivity index (χ3v) is 2.80. The van der Waals surface area contributed by atoms with Crippen LogP contribution in [0.2, 0.25) is 0 Å². The minimum absolute atomic E-state index is 0.254. The molecule has 1 atom stereocenters. The molecule has 0 saturated carbocycles. The predicted molar refractivity (Wildman–Crippen MR) is 59.3 cm³/mol. The van der Waals surface area contributed by atoms with Crippen molar-refractivity contribution in [3.63, 3.8) is 0 Å². The van der Waals surface area contributed by atoms with Crippen LogP contribution in [-0.4, -0.2) is 4.98 Å². The van der Waals surface area contributed by atoms with Crippen LogP contribution in [0.3, 0.4) is 0 Å². The van der Waals surface area contributed by atoms with Gasteiger partial charge in [0.1, 0.15) is 5.82 Å². The summed E-state index contributed by atoms with van der Waals surface area (Å²) < 4.78 is 13.2. The Morgan fingerprint density at radius 3 is 2.80 bits per heavy atom. The summed E-state index contributed by atoms with van der Waals surface area (Å²) in [7, 11) is 0. The van der Waals surface area contributed by atoms with E-state index in [2.05, 4.69) is 4.98 Å². The number of hydrogen-bond acceptors (Lipinski definition) is 3. The fourth-order valence-electron chi connectivity index (χ4n) is 1.49. The highest BCUT2D eigenvalue weighted by molar-refractivity contribution is 7.07. The Bertz CT molecular complexity index is 433. The van der Waals surface area contributed by atoms with E-state index in [1.165, 1.54) is 23.5 Å². The molecule has 15 heavy (non-hydrogen) atoms. The van der Waals surface area contributed by atoms with Gasteiger partial charge in [-0.15, -0.1) is 11.3 Å². The van der Waals surface area contributed by atoms with Crippen LogP contribution in [0, 0.1) is 12.7 Å². The van der Waals surface area contributed by atoms with Gasteiger partial charge in [0.25, 0.3) is 0 Å². The lowest BCUT2D eigenvalue weighted by atomic mass is 10.0. The van der Waals surface area contributed by atoms with Crippen molar-refractivity contribution in [3.8, 4) is 0 Å². The van der Waals surface area contributed by atoms with Crippen LogP contribution in [-0.2, 0) is 0 Å². The summed E-state index contributed by atoms with van der Waals surface area (Å²) in [5.41, 5.74) is 10.1. The number of benzene rings is 1. The van der Waals surface area contributed by atoms with Crippen molar-refractivity contribution in [2.45, 2.75) is 13.0 Å².